The first-order valence-electron chi connectivity index (χ1n) is 42.7. The van der Waals surface area contributed by atoms with Crippen LogP contribution in [0.2, 0.25) is 0 Å². The lowest BCUT2D eigenvalue weighted by Gasteiger charge is -2.46. The summed E-state index contributed by atoms with van der Waals surface area (Å²) >= 11 is 0. The first-order chi connectivity index (χ1) is 55.6. The van der Waals surface area contributed by atoms with Crippen molar-refractivity contribution in [3.63, 3.8) is 0 Å². The van der Waals surface area contributed by atoms with Crippen LogP contribution in [-0.4, -0.2) is 11.3 Å². The molecule has 3 heterocycles. The Morgan fingerprint density at radius 3 is 1.31 bits per heavy atom. The highest BCUT2D eigenvalue weighted by Gasteiger charge is 2.53. The van der Waals surface area contributed by atoms with E-state index in [-0.39, 0.29) is 68.1 Å². The average Bonchev–Trinajstić information content (AvgIpc) is 1.49. The van der Waals surface area contributed by atoms with Crippen molar-refractivity contribution in [3.8, 4) is 72.4 Å². The third-order valence-corrected chi connectivity index (χ3v) is 24.0. The average molecular weight is 1420 g/mol. The molecule has 0 amide bonds. The maximum Gasteiger partial charge on any atom is 0.252 e. The highest BCUT2D eigenvalue weighted by molar-refractivity contribution is 7.00. The number of hydrogen-bond acceptors (Lipinski definition) is 2. The molecule has 1 spiro atoms. The number of anilines is 6. The molecule has 0 bridgehead atoms. The van der Waals surface area contributed by atoms with Crippen LogP contribution in [0.25, 0.3) is 94.3 Å². The van der Waals surface area contributed by atoms with Crippen molar-refractivity contribution in [3.05, 3.63) is 347 Å². The Labute approximate surface area is 656 Å². The van der Waals surface area contributed by atoms with Gasteiger partial charge in [0.25, 0.3) is 6.71 Å². The molecule has 2 aliphatic heterocycles. The Bertz CT molecular complexity index is 6560. The molecule has 4 heteroatoms. The molecule has 0 radical (unpaired) electrons. The molecule has 15 aromatic rings. The number of rotatable bonds is 7. The number of benzene rings is 14. The van der Waals surface area contributed by atoms with Crippen LogP contribution in [0.5, 0.6) is 0 Å². The second kappa shape index (κ2) is 24.3. The molecule has 1 aromatic heterocycles. The molecule has 0 N–H and O–H groups in total. The first-order valence-corrected chi connectivity index (χ1v) is 38.7. The van der Waals surface area contributed by atoms with Gasteiger partial charge in [-0.1, -0.05) is 322 Å². The molecule has 0 saturated carbocycles. The van der Waals surface area contributed by atoms with E-state index in [0.29, 0.717) is 11.1 Å². The van der Waals surface area contributed by atoms with E-state index in [1.165, 1.54) is 33.0 Å². The van der Waals surface area contributed by atoms with Gasteiger partial charge in [0.2, 0.25) is 0 Å². The SMILES string of the molecule is [2H]c1c([2H])c([2H])c2c(c1[2H])-c1c([2H])c([2H])c([2H])c([2H])c1C21c2ccccc2-c2cccc(-c3ccc4c(c3)B3c5ccc(-n6c7ccc(C(C)(C)C)cc7c7cc(C(C)(C)C)ccc76)cc5N(c5ccc(C(C)(C)C)cc5-c5ccccc5)c5cc(C(C)(C)C)cc(c53)N4c3c(-c4ccccc4)cc(C(C)(C)C)cc3-c3ccccc3)c21. The van der Waals surface area contributed by atoms with Gasteiger partial charge in [-0.3, -0.25) is 0 Å². The van der Waals surface area contributed by atoms with Gasteiger partial charge in [0.05, 0.1) is 38.8 Å². The Balaban J connectivity index is 0.988. The fourth-order valence-electron chi connectivity index (χ4n) is 18.3. The van der Waals surface area contributed by atoms with E-state index < -0.39 is 41.7 Å². The zero-order valence-electron chi connectivity index (χ0n) is 73.1. The number of fused-ring (bicyclic) bond motifs is 17. The van der Waals surface area contributed by atoms with E-state index >= 15 is 0 Å². The standard InChI is InChI=1S/C105H94BN3/c1-100(2,3)69-47-53-90(80(57-69)65-32-19-16-20-33-65)108-94-64-74(107-91-54-48-70(101(4,5)6)58-83(91)84-59-71(102(7,8)9)49-55-92(84)107)50-51-88(94)106-89-56-68(75-41-31-42-79-78-40-27-30-45-87(78)105(97(75)79)85-43-28-25-38-76(85)77-39-26-29-44-86(77)105)46-52-93(89)109(96-63-73(104(13,14)15)62-95(108)98(96)106)99-81(66-34-21-17-22-35-66)60-72(103(10,11)12)61-82(99)67-36-23-18-24-37-67/h16-64H,1-15H3/i25D,26D,28D,29D,38D,39D,43D,44D. The highest BCUT2D eigenvalue weighted by Crippen LogP contribution is 2.65. The molecule has 0 unspecified atom stereocenters. The molecule has 2 aliphatic carbocycles. The van der Waals surface area contributed by atoms with Crippen LogP contribution in [0, 0.1) is 0 Å². The van der Waals surface area contributed by atoms with Crippen molar-refractivity contribution in [2.75, 3.05) is 9.80 Å². The summed E-state index contributed by atoms with van der Waals surface area (Å²) in [5.41, 5.74) is 27.4. The lowest BCUT2D eigenvalue weighted by atomic mass is 9.33. The zero-order chi connectivity index (χ0) is 82.1. The van der Waals surface area contributed by atoms with Gasteiger partial charge in [0.1, 0.15) is 0 Å². The van der Waals surface area contributed by atoms with Crippen molar-refractivity contribution < 1.29 is 11.0 Å². The summed E-state index contributed by atoms with van der Waals surface area (Å²) in [7, 11) is 0. The van der Waals surface area contributed by atoms with Crippen molar-refractivity contribution in [2.45, 2.75) is 136 Å². The molecule has 14 aromatic carbocycles. The molecule has 0 saturated heterocycles. The predicted molar refractivity (Wildman–Crippen MR) is 466 cm³/mol. The summed E-state index contributed by atoms with van der Waals surface area (Å²) in [5.74, 6) is 0. The summed E-state index contributed by atoms with van der Waals surface area (Å²) in [6, 6.07) is 89.0. The van der Waals surface area contributed by atoms with E-state index in [1.54, 1.807) is 0 Å². The molecule has 4 aliphatic rings. The van der Waals surface area contributed by atoms with Crippen molar-refractivity contribution >= 4 is 79.0 Å². The summed E-state index contributed by atoms with van der Waals surface area (Å²) in [6.45, 7) is 34.1. The first kappa shape index (κ1) is 59.6. The van der Waals surface area contributed by atoms with Crippen LogP contribution in [0.4, 0.5) is 34.1 Å². The summed E-state index contributed by atoms with van der Waals surface area (Å²) < 4.78 is 80.4. The smallest absolute Gasteiger partial charge is 0.252 e. The molecule has 0 atom stereocenters. The Morgan fingerprint density at radius 2 is 0.752 bits per heavy atom. The van der Waals surface area contributed by atoms with Crippen molar-refractivity contribution in [1.82, 2.24) is 4.57 Å². The minimum Gasteiger partial charge on any atom is -0.311 e. The zero-order valence-corrected chi connectivity index (χ0v) is 65.1. The third-order valence-electron chi connectivity index (χ3n) is 24.0. The van der Waals surface area contributed by atoms with Crippen LogP contribution in [0.3, 0.4) is 0 Å². The number of nitrogens with zero attached hydrogens (tertiary/aromatic N) is 3. The van der Waals surface area contributed by atoms with Gasteiger partial charge < -0.3 is 14.4 Å². The van der Waals surface area contributed by atoms with Gasteiger partial charge in [0, 0.05) is 55.9 Å². The highest BCUT2D eigenvalue weighted by atomic mass is 15.2. The normalized spacial score (nSPS) is 15.1. The molecular weight excluding hydrogens is 1310 g/mol. The van der Waals surface area contributed by atoms with Gasteiger partial charge in [-0.2, -0.15) is 0 Å². The van der Waals surface area contributed by atoms with Crippen LogP contribution in [-0.2, 0) is 32.5 Å². The monoisotopic (exact) mass is 1420 g/mol. The van der Waals surface area contributed by atoms with E-state index in [0.717, 1.165) is 128 Å². The van der Waals surface area contributed by atoms with E-state index in [2.05, 4.69) is 343 Å². The predicted octanol–water partition coefficient (Wildman–Crippen LogP) is 26.4. The fraction of sp³-hybridized carbons (Fsp3) is 0.200. The third kappa shape index (κ3) is 10.5. The van der Waals surface area contributed by atoms with Gasteiger partial charge in [-0.15, -0.1) is 0 Å². The lowest BCUT2D eigenvalue weighted by molar-refractivity contribution is 0.590. The van der Waals surface area contributed by atoms with Gasteiger partial charge in [-0.05, 0) is 222 Å². The van der Waals surface area contributed by atoms with Crippen LogP contribution >= 0.6 is 0 Å². The van der Waals surface area contributed by atoms with Crippen LogP contribution in [0.1, 0.15) is 165 Å². The summed E-state index contributed by atoms with van der Waals surface area (Å²) in [6.07, 6.45) is 0. The molecule has 109 heavy (non-hydrogen) atoms. The van der Waals surface area contributed by atoms with Gasteiger partial charge >= 0.3 is 0 Å². The molecule has 3 nitrogen and oxygen atoms in total. The topological polar surface area (TPSA) is 11.4 Å². The maximum absolute atomic E-state index is 10.3. The number of hydrogen-bond donors (Lipinski definition) is 0. The molecule has 0 fully saturated rings. The molecular formula is C105H94BN3. The van der Waals surface area contributed by atoms with Crippen molar-refractivity contribution in [2.24, 2.45) is 0 Å². The van der Waals surface area contributed by atoms with Gasteiger partial charge in [-0.25, -0.2) is 0 Å². The number of aromatic nitrogens is 1. The Hall–Kier alpha value is -11.5. The largest absolute Gasteiger partial charge is 0.311 e. The van der Waals surface area contributed by atoms with Crippen LogP contribution in [0.15, 0.2) is 297 Å². The van der Waals surface area contributed by atoms with Crippen LogP contribution < -0.4 is 26.2 Å². The second-order valence-corrected chi connectivity index (χ2v) is 35.9. The molecule has 532 valence electrons. The fourth-order valence-corrected chi connectivity index (χ4v) is 18.3. The summed E-state index contributed by atoms with van der Waals surface area (Å²) in [4.78, 5) is 5.20. The quantitative estimate of drug-likeness (QED) is 0.147. The lowest BCUT2D eigenvalue weighted by Crippen LogP contribution is -2.61. The van der Waals surface area contributed by atoms with E-state index in [4.69, 9.17) is 0 Å². The molecule has 19 rings (SSSR count). The Kier molecular flexibility index (Phi) is 13.3. The maximum atomic E-state index is 10.3. The Morgan fingerprint density at radius 1 is 0.294 bits per heavy atom. The minimum atomic E-state index is -1.67. The summed E-state index contributed by atoms with van der Waals surface area (Å²) in [5, 5.41) is 2.40. The minimum absolute atomic E-state index is 0.0812. The van der Waals surface area contributed by atoms with E-state index in [1.807, 2.05) is 24.3 Å². The van der Waals surface area contributed by atoms with Gasteiger partial charge in [0.15, 0.2) is 0 Å². The van der Waals surface area contributed by atoms with Crippen molar-refractivity contribution in [1.29, 1.82) is 0 Å². The second-order valence-electron chi connectivity index (χ2n) is 35.9. The van der Waals surface area contributed by atoms with E-state index in [9.17, 15) is 11.0 Å².